The molecule has 1 fully saturated rings. The van der Waals surface area contributed by atoms with Crippen molar-refractivity contribution in [2.75, 3.05) is 37.0 Å². The van der Waals surface area contributed by atoms with Gasteiger partial charge in [-0.05, 0) is 22.5 Å². The van der Waals surface area contributed by atoms with Crippen molar-refractivity contribution in [1.29, 1.82) is 0 Å². The fraction of sp³-hybridized carbons (Fsp3) is 0.353. The van der Waals surface area contributed by atoms with Crippen LogP contribution in [0, 0.1) is 0 Å². The van der Waals surface area contributed by atoms with Crippen molar-refractivity contribution >= 4 is 32.4 Å². The fourth-order valence-electron chi connectivity index (χ4n) is 2.59. The quantitative estimate of drug-likeness (QED) is 0.370. The molecule has 0 saturated carbocycles. The van der Waals surface area contributed by atoms with Gasteiger partial charge in [-0.2, -0.15) is 0 Å². The molecule has 4 rings (SSSR count). The third kappa shape index (κ3) is 4.43. The molecule has 0 unspecified atom stereocenters. The largest absolute Gasteiger partial charge is 0.748 e. The first-order chi connectivity index (χ1) is 12.5. The number of aromatic nitrogens is 3. The number of fused-ring (bicyclic) bond motifs is 3. The van der Waals surface area contributed by atoms with Crippen LogP contribution in [0.25, 0.3) is 16.4 Å². The number of anilines is 1. The lowest BCUT2D eigenvalue weighted by molar-refractivity contribution is -0.582. The highest BCUT2D eigenvalue weighted by Crippen LogP contribution is 2.17. The standard InChI is InChI=1S/C15H15N4O.C2H6O3S/c1-2-4-13-12(3-1)5-6-19-15(13)17-14(11-16-19)18-7-9-20-10-8-18;1-2-6(3,4)5/h1-6,11H,7-10H2;2H2,1H3,(H,3,4,5)/q+1;/p-1. The number of hydrogen-bond acceptors (Lipinski definition) is 7. The predicted octanol–water partition coefficient (Wildman–Crippen LogP) is 0.757. The Morgan fingerprint density at radius 1 is 1.23 bits per heavy atom. The summed E-state index contributed by atoms with van der Waals surface area (Å²) in [5, 5.41) is 6.78. The van der Waals surface area contributed by atoms with E-state index in [-0.39, 0.29) is 5.75 Å². The van der Waals surface area contributed by atoms with E-state index in [4.69, 9.17) is 9.72 Å². The topological polar surface area (TPSA) is 99.5 Å². The summed E-state index contributed by atoms with van der Waals surface area (Å²) >= 11 is 0. The second kappa shape index (κ2) is 7.90. The van der Waals surface area contributed by atoms with Gasteiger partial charge in [-0.15, -0.1) is 4.52 Å². The summed E-state index contributed by atoms with van der Waals surface area (Å²) in [4.78, 5) is 7.02. The van der Waals surface area contributed by atoms with Crippen LogP contribution in [0.4, 0.5) is 5.82 Å². The summed E-state index contributed by atoms with van der Waals surface area (Å²) in [5.74, 6) is 0.608. The summed E-state index contributed by atoms with van der Waals surface area (Å²) in [5.41, 5.74) is 0.895. The molecule has 3 aromatic rings. The molecule has 2 aromatic heterocycles. The van der Waals surface area contributed by atoms with E-state index >= 15 is 0 Å². The number of nitrogens with zero attached hydrogens (tertiary/aromatic N) is 4. The van der Waals surface area contributed by atoms with Crippen LogP contribution in [0.2, 0.25) is 0 Å². The number of ether oxygens (including phenoxy) is 1. The van der Waals surface area contributed by atoms with Crippen LogP contribution in [0.15, 0.2) is 42.7 Å². The molecule has 138 valence electrons. The normalized spacial score (nSPS) is 14.9. The van der Waals surface area contributed by atoms with E-state index in [0.717, 1.165) is 43.2 Å². The van der Waals surface area contributed by atoms with Gasteiger partial charge in [0.2, 0.25) is 0 Å². The van der Waals surface area contributed by atoms with Gasteiger partial charge in [0.15, 0.2) is 0 Å². The Morgan fingerprint density at radius 2 is 1.92 bits per heavy atom. The molecular weight excluding hydrogens is 356 g/mol. The zero-order valence-electron chi connectivity index (χ0n) is 14.4. The molecule has 3 heterocycles. The maximum Gasteiger partial charge on any atom is 0.358 e. The van der Waals surface area contributed by atoms with Crippen molar-refractivity contribution < 1.29 is 22.2 Å². The Balaban J connectivity index is 0.000000286. The number of benzene rings is 1. The third-order valence-corrected chi connectivity index (χ3v) is 4.73. The maximum absolute atomic E-state index is 9.44. The fourth-order valence-corrected chi connectivity index (χ4v) is 2.59. The summed E-state index contributed by atoms with van der Waals surface area (Å²) in [6, 6.07) is 10.3. The first-order valence-corrected chi connectivity index (χ1v) is 9.88. The Morgan fingerprint density at radius 3 is 2.62 bits per heavy atom. The van der Waals surface area contributed by atoms with E-state index in [0.29, 0.717) is 0 Å². The smallest absolute Gasteiger partial charge is 0.358 e. The van der Waals surface area contributed by atoms with E-state index in [2.05, 4.69) is 28.2 Å². The predicted molar refractivity (Wildman–Crippen MR) is 96.0 cm³/mol. The van der Waals surface area contributed by atoms with Gasteiger partial charge >= 0.3 is 5.65 Å². The second-order valence-corrected chi connectivity index (χ2v) is 7.42. The van der Waals surface area contributed by atoms with Crippen LogP contribution in [0.3, 0.4) is 0 Å². The van der Waals surface area contributed by atoms with Crippen LogP contribution in [-0.2, 0) is 14.9 Å². The Bertz CT molecular complexity index is 1000. The Hall–Kier alpha value is -2.36. The molecule has 26 heavy (non-hydrogen) atoms. The van der Waals surface area contributed by atoms with Crippen molar-refractivity contribution in [3.8, 4) is 0 Å². The van der Waals surface area contributed by atoms with Gasteiger partial charge in [0.25, 0.3) is 5.82 Å². The van der Waals surface area contributed by atoms with E-state index in [1.165, 1.54) is 12.3 Å². The molecule has 0 amide bonds. The molecular formula is C17H20N4O4S. The second-order valence-electron chi connectivity index (χ2n) is 5.73. The van der Waals surface area contributed by atoms with E-state index < -0.39 is 10.1 Å². The monoisotopic (exact) mass is 376 g/mol. The SMILES string of the molecule is CCS(=O)(=O)[O-].c1ccc2c(c1)cc[n+]1ncc(N3CCOCC3)nc21. The summed E-state index contributed by atoms with van der Waals surface area (Å²) in [6.45, 7) is 4.55. The van der Waals surface area contributed by atoms with Gasteiger partial charge in [-0.1, -0.05) is 30.2 Å². The minimum Gasteiger partial charge on any atom is -0.748 e. The molecule has 1 saturated heterocycles. The Labute approximate surface area is 151 Å². The molecule has 0 bridgehead atoms. The van der Waals surface area contributed by atoms with Gasteiger partial charge in [-0.25, -0.2) is 8.42 Å². The lowest BCUT2D eigenvalue weighted by atomic mass is 10.2. The molecule has 8 nitrogen and oxygen atoms in total. The van der Waals surface area contributed by atoms with E-state index in [1.54, 1.807) is 0 Å². The summed E-state index contributed by atoms with van der Waals surface area (Å²) in [7, 11) is -3.91. The minimum absolute atomic E-state index is 0.312. The van der Waals surface area contributed by atoms with Crippen molar-refractivity contribution in [2.45, 2.75) is 6.92 Å². The molecule has 1 aromatic carbocycles. The molecule has 0 atom stereocenters. The zero-order valence-corrected chi connectivity index (χ0v) is 15.2. The number of pyridine rings is 1. The lowest BCUT2D eigenvalue weighted by Gasteiger charge is -2.24. The van der Waals surface area contributed by atoms with Crippen LogP contribution in [0.1, 0.15) is 6.92 Å². The summed E-state index contributed by atoms with van der Waals surface area (Å²) in [6.07, 6.45) is 3.78. The zero-order chi connectivity index (χ0) is 18.6. The van der Waals surface area contributed by atoms with Crippen molar-refractivity contribution in [1.82, 2.24) is 10.1 Å². The molecule has 0 radical (unpaired) electrons. The molecule has 1 aliphatic rings. The molecule has 0 aliphatic carbocycles. The average molecular weight is 376 g/mol. The van der Waals surface area contributed by atoms with E-state index in [1.807, 2.05) is 29.0 Å². The number of rotatable bonds is 2. The number of hydrogen-bond donors (Lipinski definition) is 0. The van der Waals surface area contributed by atoms with Crippen LogP contribution < -0.4 is 9.42 Å². The minimum atomic E-state index is -3.91. The first-order valence-electron chi connectivity index (χ1n) is 8.30. The molecule has 1 aliphatic heterocycles. The molecule has 0 N–H and O–H groups in total. The van der Waals surface area contributed by atoms with Crippen molar-refractivity contribution in [3.05, 3.63) is 42.7 Å². The van der Waals surface area contributed by atoms with Gasteiger partial charge < -0.3 is 14.2 Å². The summed E-state index contributed by atoms with van der Waals surface area (Å²) < 4.78 is 35.5. The highest BCUT2D eigenvalue weighted by molar-refractivity contribution is 7.85. The van der Waals surface area contributed by atoms with E-state index in [9.17, 15) is 13.0 Å². The third-order valence-electron chi connectivity index (χ3n) is 4.02. The highest BCUT2D eigenvalue weighted by Gasteiger charge is 2.19. The van der Waals surface area contributed by atoms with Gasteiger partial charge in [0.05, 0.1) is 28.7 Å². The van der Waals surface area contributed by atoms with Crippen LogP contribution >= 0.6 is 0 Å². The van der Waals surface area contributed by atoms with Gasteiger partial charge in [-0.3, -0.25) is 0 Å². The molecule has 0 spiro atoms. The highest BCUT2D eigenvalue weighted by atomic mass is 32.2. The van der Waals surface area contributed by atoms with Crippen molar-refractivity contribution in [3.63, 3.8) is 0 Å². The van der Waals surface area contributed by atoms with Crippen molar-refractivity contribution in [2.24, 2.45) is 0 Å². The number of morpholine rings is 1. The Kier molecular flexibility index (Phi) is 5.60. The van der Waals surface area contributed by atoms with Crippen LogP contribution in [-0.4, -0.2) is 55.1 Å². The van der Waals surface area contributed by atoms with Crippen LogP contribution in [0.5, 0.6) is 0 Å². The first kappa shape index (κ1) is 18.4. The molecule has 9 heteroatoms. The van der Waals surface area contributed by atoms with Gasteiger partial charge in [0.1, 0.15) is 12.4 Å². The lowest BCUT2D eigenvalue weighted by Crippen LogP contribution is -2.38. The average Bonchev–Trinajstić information content (AvgIpc) is 2.68. The van der Waals surface area contributed by atoms with Gasteiger partial charge in [0, 0.05) is 18.8 Å². The maximum atomic E-state index is 9.44.